The van der Waals surface area contributed by atoms with Crippen LogP contribution in [0.2, 0.25) is 0 Å². The predicted molar refractivity (Wildman–Crippen MR) is 124 cm³/mol. The van der Waals surface area contributed by atoms with E-state index in [1.165, 1.54) is 12.1 Å². The third-order valence-corrected chi connectivity index (χ3v) is 5.37. The van der Waals surface area contributed by atoms with Crippen LogP contribution in [0.5, 0.6) is 5.75 Å². The molecule has 0 spiro atoms. The Morgan fingerprint density at radius 1 is 1.21 bits per heavy atom. The third-order valence-electron chi connectivity index (χ3n) is 5.37. The van der Waals surface area contributed by atoms with Crippen molar-refractivity contribution >= 4 is 16.6 Å². The molecule has 4 rings (SSSR count). The normalized spacial score (nSPS) is 11.9. The number of methoxy groups -OCH3 is 1. The summed E-state index contributed by atoms with van der Waals surface area (Å²) in [5.41, 5.74) is 1.47. The molecule has 0 aliphatic heterocycles. The predicted octanol–water partition coefficient (Wildman–Crippen LogP) is 5.57. The standard InChI is InChI=1S/C25H25F3N4O2/c1-25(2,33)14-32-13-16(12-31-32)18-9-19-20(7-8-29-21(19)10-22(18)34-3)30-11-15-5-4-6-17(23(15)26)24(27)28/h4-10,12-13,24,33H,11,14H2,1-3H3,(H,29,30). The van der Waals surface area contributed by atoms with Gasteiger partial charge in [-0.3, -0.25) is 9.67 Å². The lowest BCUT2D eigenvalue weighted by atomic mass is 10.0. The minimum atomic E-state index is -2.88. The molecule has 0 radical (unpaired) electrons. The summed E-state index contributed by atoms with van der Waals surface area (Å²) in [5, 5.41) is 18.3. The molecule has 2 heterocycles. The maximum atomic E-state index is 14.5. The molecule has 2 aromatic carbocycles. The van der Waals surface area contributed by atoms with Gasteiger partial charge in [0.15, 0.2) is 0 Å². The Bertz CT molecular complexity index is 1320. The van der Waals surface area contributed by atoms with Crippen LogP contribution in [0, 0.1) is 5.82 Å². The molecule has 0 unspecified atom stereocenters. The Morgan fingerprint density at radius 3 is 2.71 bits per heavy atom. The first-order valence-corrected chi connectivity index (χ1v) is 10.7. The largest absolute Gasteiger partial charge is 0.496 e. The van der Waals surface area contributed by atoms with Gasteiger partial charge in [-0.05, 0) is 26.0 Å². The summed E-state index contributed by atoms with van der Waals surface area (Å²) < 4.78 is 47.8. The van der Waals surface area contributed by atoms with E-state index in [2.05, 4.69) is 15.4 Å². The summed E-state index contributed by atoms with van der Waals surface area (Å²) in [6.45, 7) is 3.75. The van der Waals surface area contributed by atoms with Crippen LogP contribution in [0.15, 0.2) is 55.0 Å². The fraction of sp³-hybridized carbons (Fsp3) is 0.280. The topological polar surface area (TPSA) is 72.2 Å². The zero-order valence-corrected chi connectivity index (χ0v) is 19.0. The Balaban J connectivity index is 1.69. The van der Waals surface area contributed by atoms with Crippen LogP contribution in [0.4, 0.5) is 18.9 Å². The number of alkyl halides is 2. The van der Waals surface area contributed by atoms with Crippen LogP contribution >= 0.6 is 0 Å². The summed E-state index contributed by atoms with van der Waals surface area (Å²) >= 11 is 0. The van der Waals surface area contributed by atoms with Gasteiger partial charge in [0.2, 0.25) is 0 Å². The Kier molecular flexibility index (Phi) is 6.47. The van der Waals surface area contributed by atoms with Gasteiger partial charge in [-0.1, -0.05) is 18.2 Å². The van der Waals surface area contributed by atoms with Crippen molar-refractivity contribution in [2.75, 3.05) is 12.4 Å². The number of aromatic nitrogens is 3. The van der Waals surface area contributed by atoms with E-state index < -0.39 is 23.4 Å². The van der Waals surface area contributed by atoms with E-state index in [4.69, 9.17) is 4.74 Å². The van der Waals surface area contributed by atoms with Crippen molar-refractivity contribution in [3.05, 3.63) is 71.9 Å². The Hall–Kier alpha value is -3.59. The fourth-order valence-corrected chi connectivity index (χ4v) is 3.80. The van der Waals surface area contributed by atoms with Gasteiger partial charge in [0.1, 0.15) is 11.6 Å². The van der Waals surface area contributed by atoms with E-state index in [1.54, 1.807) is 50.2 Å². The molecule has 2 N–H and O–H groups in total. The number of aliphatic hydroxyl groups is 1. The first kappa shape index (κ1) is 23.6. The lowest BCUT2D eigenvalue weighted by Crippen LogP contribution is -2.26. The quantitative estimate of drug-likeness (QED) is 0.352. The highest BCUT2D eigenvalue weighted by Gasteiger charge is 2.18. The molecule has 0 saturated carbocycles. The number of anilines is 1. The molecule has 9 heteroatoms. The highest BCUT2D eigenvalue weighted by atomic mass is 19.3. The SMILES string of the molecule is COc1cc2nccc(NCc3cccc(C(F)F)c3F)c2cc1-c1cnn(CC(C)(C)O)c1. The number of nitrogens with one attached hydrogen (secondary N) is 1. The molecule has 2 aromatic heterocycles. The van der Waals surface area contributed by atoms with E-state index in [1.807, 2.05) is 12.3 Å². The van der Waals surface area contributed by atoms with Crippen LogP contribution in [0.3, 0.4) is 0 Å². The number of benzene rings is 2. The fourth-order valence-electron chi connectivity index (χ4n) is 3.80. The average molecular weight is 470 g/mol. The van der Waals surface area contributed by atoms with Crippen molar-refractivity contribution in [2.45, 2.75) is 39.0 Å². The molecule has 0 fully saturated rings. The van der Waals surface area contributed by atoms with Crippen molar-refractivity contribution in [2.24, 2.45) is 0 Å². The number of hydrogen-bond donors (Lipinski definition) is 2. The van der Waals surface area contributed by atoms with Gasteiger partial charge >= 0.3 is 0 Å². The molecular weight excluding hydrogens is 445 g/mol. The second-order valence-corrected chi connectivity index (χ2v) is 8.64. The van der Waals surface area contributed by atoms with Gasteiger partial charge in [0.25, 0.3) is 6.43 Å². The Labute approximate surface area is 195 Å². The minimum Gasteiger partial charge on any atom is -0.496 e. The van der Waals surface area contributed by atoms with E-state index >= 15 is 0 Å². The first-order valence-electron chi connectivity index (χ1n) is 10.7. The van der Waals surface area contributed by atoms with Gasteiger partial charge < -0.3 is 15.2 Å². The molecule has 0 bridgehead atoms. The van der Waals surface area contributed by atoms with Crippen LogP contribution in [-0.4, -0.2) is 32.6 Å². The van der Waals surface area contributed by atoms with Crippen LogP contribution in [0.25, 0.3) is 22.0 Å². The molecule has 0 amide bonds. The number of rotatable bonds is 8. The summed E-state index contributed by atoms with van der Waals surface area (Å²) in [7, 11) is 1.56. The second kappa shape index (κ2) is 9.34. The van der Waals surface area contributed by atoms with E-state index in [9.17, 15) is 18.3 Å². The van der Waals surface area contributed by atoms with E-state index in [0.29, 0.717) is 23.5 Å². The maximum absolute atomic E-state index is 14.5. The highest BCUT2D eigenvalue weighted by molar-refractivity contribution is 5.96. The first-order chi connectivity index (χ1) is 16.2. The molecule has 0 saturated heterocycles. The highest BCUT2D eigenvalue weighted by Crippen LogP contribution is 2.36. The lowest BCUT2D eigenvalue weighted by molar-refractivity contribution is 0.0577. The number of fused-ring (bicyclic) bond motifs is 1. The molecule has 0 atom stereocenters. The summed E-state index contributed by atoms with van der Waals surface area (Å²) in [5.74, 6) is -0.319. The van der Waals surface area contributed by atoms with Gasteiger partial charge in [-0.25, -0.2) is 13.2 Å². The van der Waals surface area contributed by atoms with Gasteiger partial charge in [0, 0.05) is 52.8 Å². The van der Waals surface area contributed by atoms with Crippen molar-refractivity contribution in [3.8, 4) is 16.9 Å². The molecule has 0 aliphatic rings. The molecule has 178 valence electrons. The molecule has 6 nitrogen and oxygen atoms in total. The number of ether oxygens (including phenoxy) is 1. The molecule has 34 heavy (non-hydrogen) atoms. The van der Waals surface area contributed by atoms with Crippen molar-refractivity contribution in [1.29, 1.82) is 0 Å². The molecule has 4 aromatic rings. The number of pyridine rings is 1. The smallest absolute Gasteiger partial charge is 0.266 e. The van der Waals surface area contributed by atoms with Crippen molar-refractivity contribution in [1.82, 2.24) is 14.8 Å². The summed E-state index contributed by atoms with van der Waals surface area (Å²) in [4.78, 5) is 4.40. The number of halogens is 3. The van der Waals surface area contributed by atoms with Crippen LogP contribution in [0.1, 0.15) is 31.4 Å². The third kappa shape index (κ3) is 4.99. The second-order valence-electron chi connectivity index (χ2n) is 8.64. The van der Waals surface area contributed by atoms with E-state index in [0.717, 1.165) is 22.6 Å². The molecule has 0 aliphatic carbocycles. The lowest BCUT2D eigenvalue weighted by Gasteiger charge is -2.16. The Morgan fingerprint density at radius 2 is 2.00 bits per heavy atom. The van der Waals surface area contributed by atoms with Crippen molar-refractivity contribution in [3.63, 3.8) is 0 Å². The van der Waals surface area contributed by atoms with Crippen LogP contribution < -0.4 is 10.1 Å². The number of hydrogen-bond acceptors (Lipinski definition) is 5. The van der Waals surface area contributed by atoms with Gasteiger partial charge in [-0.15, -0.1) is 0 Å². The molecular formula is C25H25F3N4O2. The average Bonchev–Trinajstić information content (AvgIpc) is 3.23. The zero-order valence-electron chi connectivity index (χ0n) is 19.0. The number of nitrogens with zero attached hydrogens (tertiary/aromatic N) is 3. The monoisotopic (exact) mass is 470 g/mol. The van der Waals surface area contributed by atoms with Crippen LogP contribution in [-0.2, 0) is 13.1 Å². The minimum absolute atomic E-state index is 0.0242. The van der Waals surface area contributed by atoms with Gasteiger partial charge in [-0.2, -0.15) is 5.10 Å². The van der Waals surface area contributed by atoms with E-state index in [-0.39, 0.29) is 12.1 Å². The zero-order chi connectivity index (χ0) is 24.5. The summed E-state index contributed by atoms with van der Waals surface area (Å²) in [6.07, 6.45) is 2.23. The maximum Gasteiger partial charge on any atom is 0.266 e. The van der Waals surface area contributed by atoms with Gasteiger partial charge in [0.05, 0.1) is 36.5 Å². The van der Waals surface area contributed by atoms with Crippen molar-refractivity contribution < 1.29 is 23.0 Å². The summed E-state index contributed by atoms with van der Waals surface area (Å²) in [6, 6.07) is 9.40.